The first-order valence-corrected chi connectivity index (χ1v) is 7.08. The van der Waals surface area contributed by atoms with Gasteiger partial charge in [-0.2, -0.15) is 0 Å². The molecule has 0 radical (unpaired) electrons. The average Bonchev–Trinajstić information content (AvgIpc) is 2.37. The van der Waals surface area contributed by atoms with E-state index in [1.54, 1.807) is 0 Å². The van der Waals surface area contributed by atoms with Crippen LogP contribution in [0.2, 0.25) is 0 Å². The lowest BCUT2D eigenvalue weighted by Gasteiger charge is -2.33. The standard InChI is InChI=1S/C15H21BrO2/c1-12(2)14(3,4)18-11-15(17,10-16)13-8-6-5-7-9-13/h5-9,17H,1,10-11H2,2-4H3. The first-order valence-electron chi connectivity index (χ1n) is 5.96. The molecule has 0 saturated heterocycles. The summed E-state index contributed by atoms with van der Waals surface area (Å²) in [7, 11) is 0. The smallest absolute Gasteiger partial charge is 0.122 e. The molecular weight excluding hydrogens is 292 g/mol. The van der Waals surface area contributed by atoms with Crippen LogP contribution in [0, 0.1) is 0 Å². The van der Waals surface area contributed by atoms with Gasteiger partial charge < -0.3 is 9.84 Å². The monoisotopic (exact) mass is 312 g/mol. The minimum atomic E-state index is -1.02. The van der Waals surface area contributed by atoms with Gasteiger partial charge in [0.1, 0.15) is 5.60 Å². The minimum Gasteiger partial charge on any atom is -0.382 e. The molecule has 1 atom stereocenters. The zero-order valence-corrected chi connectivity index (χ0v) is 12.8. The molecule has 0 fully saturated rings. The molecule has 0 heterocycles. The second-order valence-corrected chi connectivity index (χ2v) is 5.67. The maximum atomic E-state index is 10.6. The Hall–Kier alpha value is -0.640. The molecule has 1 unspecified atom stereocenters. The quantitative estimate of drug-likeness (QED) is 0.642. The normalized spacial score (nSPS) is 15.2. The second-order valence-electron chi connectivity index (χ2n) is 5.11. The number of rotatable bonds is 6. The first kappa shape index (κ1) is 15.4. The third-order valence-corrected chi connectivity index (χ3v) is 4.16. The number of alkyl halides is 1. The van der Waals surface area contributed by atoms with E-state index in [0.29, 0.717) is 5.33 Å². The summed E-state index contributed by atoms with van der Waals surface area (Å²) in [6.07, 6.45) is 0. The van der Waals surface area contributed by atoms with E-state index in [9.17, 15) is 5.11 Å². The summed E-state index contributed by atoms with van der Waals surface area (Å²) in [5.74, 6) is 0. The van der Waals surface area contributed by atoms with Crippen molar-refractivity contribution in [2.24, 2.45) is 0 Å². The van der Waals surface area contributed by atoms with Crippen LogP contribution in [0.3, 0.4) is 0 Å². The molecule has 1 rings (SSSR count). The van der Waals surface area contributed by atoms with E-state index >= 15 is 0 Å². The molecule has 100 valence electrons. The lowest BCUT2D eigenvalue weighted by atomic mass is 9.96. The molecule has 0 aliphatic carbocycles. The Morgan fingerprint density at radius 3 is 2.33 bits per heavy atom. The molecule has 3 heteroatoms. The molecule has 18 heavy (non-hydrogen) atoms. The van der Waals surface area contributed by atoms with Gasteiger partial charge in [-0.1, -0.05) is 52.8 Å². The number of benzene rings is 1. The van der Waals surface area contributed by atoms with E-state index in [4.69, 9.17) is 4.74 Å². The van der Waals surface area contributed by atoms with Crippen LogP contribution in [-0.4, -0.2) is 22.6 Å². The SMILES string of the molecule is C=C(C)C(C)(C)OCC(O)(CBr)c1ccccc1. The van der Waals surface area contributed by atoms with Gasteiger partial charge in [0.15, 0.2) is 0 Å². The molecule has 0 aliphatic heterocycles. The molecule has 0 bridgehead atoms. The highest BCUT2D eigenvalue weighted by atomic mass is 79.9. The van der Waals surface area contributed by atoms with Crippen molar-refractivity contribution in [1.82, 2.24) is 0 Å². The van der Waals surface area contributed by atoms with Crippen LogP contribution < -0.4 is 0 Å². The molecular formula is C15H21BrO2. The molecule has 0 saturated carbocycles. The Morgan fingerprint density at radius 1 is 1.33 bits per heavy atom. The summed E-state index contributed by atoms with van der Waals surface area (Å²) in [5.41, 5.74) is 0.325. The summed E-state index contributed by atoms with van der Waals surface area (Å²) in [4.78, 5) is 0. The van der Waals surface area contributed by atoms with E-state index in [1.165, 1.54) is 0 Å². The van der Waals surface area contributed by atoms with Crippen LogP contribution in [0.25, 0.3) is 0 Å². The van der Waals surface area contributed by atoms with Gasteiger partial charge in [-0.25, -0.2) is 0 Å². The Morgan fingerprint density at radius 2 is 1.89 bits per heavy atom. The highest BCUT2D eigenvalue weighted by Gasteiger charge is 2.31. The third-order valence-electron chi connectivity index (χ3n) is 3.23. The van der Waals surface area contributed by atoms with Crippen LogP contribution in [-0.2, 0) is 10.3 Å². The minimum absolute atomic E-state index is 0.224. The highest BCUT2D eigenvalue weighted by molar-refractivity contribution is 9.09. The maximum Gasteiger partial charge on any atom is 0.122 e. The van der Waals surface area contributed by atoms with Crippen molar-refractivity contribution < 1.29 is 9.84 Å². The fraction of sp³-hybridized carbons (Fsp3) is 0.467. The van der Waals surface area contributed by atoms with Crippen molar-refractivity contribution in [2.45, 2.75) is 32.0 Å². The topological polar surface area (TPSA) is 29.5 Å². The number of halogens is 1. The van der Waals surface area contributed by atoms with Crippen molar-refractivity contribution in [1.29, 1.82) is 0 Å². The Labute approximate surface area is 118 Å². The van der Waals surface area contributed by atoms with E-state index in [0.717, 1.165) is 11.1 Å². The van der Waals surface area contributed by atoms with Gasteiger partial charge >= 0.3 is 0 Å². The zero-order valence-electron chi connectivity index (χ0n) is 11.2. The summed E-state index contributed by atoms with van der Waals surface area (Å²) in [6, 6.07) is 9.55. The van der Waals surface area contributed by atoms with Gasteiger partial charge in [-0.15, -0.1) is 0 Å². The lowest BCUT2D eigenvalue weighted by molar-refractivity contribution is -0.0841. The summed E-state index contributed by atoms with van der Waals surface area (Å²) in [6.45, 7) is 9.97. The Bertz CT molecular complexity index is 400. The van der Waals surface area contributed by atoms with Crippen LogP contribution in [0.15, 0.2) is 42.5 Å². The molecule has 1 aromatic carbocycles. The van der Waals surface area contributed by atoms with E-state index in [-0.39, 0.29) is 6.61 Å². The van der Waals surface area contributed by atoms with Crippen LogP contribution in [0.5, 0.6) is 0 Å². The molecule has 0 spiro atoms. The summed E-state index contributed by atoms with van der Waals surface area (Å²) in [5, 5.41) is 11.1. The van der Waals surface area contributed by atoms with Gasteiger partial charge in [0.25, 0.3) is 0 Å². The maximum absolute atomic E-state index is 10.6. The average molecular weight is 313 g/mol. The van der Waals surface area contributed by atoms with Crippen LogP contribution in [0.4, 0.5) is 0 Å². The van der Waals surface area contributed by atoms with Crippen molar-refractivity contribution >= 4 is 15.9 Å². The van der Waals surface area contributed by atoms with Gasteiger partial charge in [0.05, 0.1) is 12.2 Å². The van der Waals surface area contributed by atoms with Gasteiger partial charge in [0.2, 0.25) is 0 Å². The first-order chi connectivity index (χ1) is 8.32. The van der Waals surface area contributed by atoms with E-state index < -0.39 is 11.2 Å². The third kappa shape index (κ3) is 3.67. The van der Waals surface area contributed by atoms with E-state index in [1.807, 2.05) is 51.1 Å². The van der Waals surface area contributed by atoms with E-state index in [2.05, 4.69) is 22.5 Å². The van der Waals surface area contributed by atoms with Crippen LogP contribution in [0.1, 0.15) is 26.3 Å². The molecule has 1 N–H and O–H groups in total. The van der Waals surface area contributed by atoms with Crippen molar-refractivity contribution in [3.05, 3.63) is 48.0 Å². The summed E-state index contributed by atoms with van der Waals surface area (Å²) >= 11 is 3.36. The van der Waals surface area contributed by atoms with Crippen LogP contribution >= 0.6 is 15.9 Å². The highest BCUT2D eigenvalue weighted by Crippen LogP contribution is 2.27. The zero-order chi connectivity index (χ0) is 13.8. The summed E-state index contributed by atoms with van der Waals surface area (Å²) < 4.78 is 5.82. The van der Waals surface area contributed by atoms with Crippen molar-refractivity contribution in [2.75, 3.05) is 11.9 Å². The van der Waals surface area contributed by atoms with Crippen molar-refractivity contribution in [3.63, 3.8) is 0 Å². The second kappa shape index (κ2) is 6.00. The Balaban J connectivity index is 2.82. The molecule has 2 nitrogen and oxygen atoms in total. The lowest BCUT2D eigenvalue weighted by Crippen LogP contribution is -2.38. The Kier molecular flexibility index (Phi) is 5.14. The number of hydrogen-bond donors (Lipinski definition) is 1. The predicted molar refractivity (Wildman–Crippen MR) is 79.0 cm³/mol. The van der Waals surface area contributed by atoms with Gasteiger partial charge in [-0.3, -0.25) is 0 Å². The largest absolute Gasteiger partial charge is 0.382 e. The fourth-order valence-corrected chi connectivity index (χ4v) is 1.86. The predicted octanol–water partition coefficient (Wildman–Crippen LogP) is 3.64. The fourth-order valence-electron chi connectivity index (χ4n) is 1.37. The molecule has 0 aliphatic rings. The number of hydrogen-bond acceptors (Lipinski definition) is 2. The van der Waals surface area contributed by atoms with Gasteiger partial charge in [0, 0.05) is 5.33 Å². The number of aliphatic hydroxyl groups is 1. The molecule has 0 amide bonds. The van der Waals surface area contributed by atoms with Crippen molar-refractivity contribution in [3.8, 4) is 0 Å². The van der Waals surface area contributed by atoms with Gasteiger partial charge in [-0.05, 0) is 31.9 Å². The molecule has 1 aromatic rings. The molecule has 0 aromatic heterocycles. The number of ether oxygens (including phenoxy) is 1.